The standard InChI is InChI=1S/C20H33N/c1-21-14-6-12-20-13-11-15(16-7-2-4-9-18(16)20)17-8-3-5-10-19(17)20/h15-16,18,21H,2-14H2,1H3/t15-,16?,18?,20+/m0/s1. The minimum atomic E-state index is 0.659. The van der Waals surface area contributed by atoms with Gasteiger partial charge >= 0.3 is 0 Å². The molecular formula is C20H33N. The van der Waals surface area contributed by atoms with Crippen LogP contribution in [0.5, 0.6) is 0 Å². The zero-order chi connectivity index (χ0) is 14.3. The molecule has 0 saturated heterocycles. The van der Waals surface area contributed by atoms with Crippen LogP contribution < -0.4 is 5.32 Å². The number of fused-ring (bicyclic) bond motifs is 1. The van der Waals surface area contributed by atoms with Crippen LogP contribution in [0.3, 0.4) is 0 Å². The van der Waals surface area contributed by atoms with E-state index in [1.807, 2.05) is 11.1 Å². The lowest BCUT2D eigenvalue weighted by Gasteiger charge is -2.61. The number of hydrogen-bond acceptors (Lipinski definition) is 1. The van der Waals surface area contributed by atoms with E-state index in [0.29, 0.717) is 5.41 Å². The van der Waals surface area contributed by atoms with Crippen LogP contribution in [-0.2, 0) is 0 Å². The number of allylic oxidation sites excluding steroid dienone is 2. The van der Waals surface area contributed by atoms with Gasteiger partial charge in [-0.3, -0.25) is 0 Å². The largest absolute Gasteiger partial charge is 0.320 e. The number of hydrogen-bond donors (Lipinski definition) is 1. The predicted octanol–water partition coefficient (Wildman–Crippen LogP) is 5.07. The highest BCUT2D eigenvalue weighted by Gasteiger charge is 2.56. The van der Waals surface area contributed by atoms with Gasteiger partial charge in [0.25, 0.3) is 0 Å². The molecule has 1 N–H and O–H groups in total. The molecule has 2 saturated carbocycles. The van der Waals surface area contributed by atoms with Gasteiger partial charge in [-0.25, -0.2) is 0 Å². The molecular weight excluding hydrogens is 254 g/mol. The first-order chi connectivity index (χ1) is 10.4. The second-order valence-electron chi connectivity index (χ2n) is 8.27. The topological polar surface area (TPSA) is 12.0 Å². The summed E-state index contributed by atoms with van der Waals surface area (Å²) in [5.74, 6) is 3.18. The summed E-state index contributed by atoms with van der Waals surface area (Å²) in [7, 11) is 2.12. The third-order valence-electron chi connectivity index (χ3n) is 7.56. The summed E-state index contributed by atoms with van der Waals surface area (Å²) in [4.78, 5) is 0. The van der Waals surface area contributed by atoms with Crippen molar-refractivity contribution in [2.45, 2.75) is 77.0 Å². The second kappa shape index (κ2) is 5.72. The van der Waals surface area contributed by atoms with E-state index < -0.39 is 0 Å². The molecule has 0 heterocycles. The van der Waals surface area contributed by atoms with Gasteiger partial charge in [-0.15, -0.1) is 0 Å². The first kappa shape index (κ1) is 14.3. The van der Waals surface area contributed by atoms with Crippen LogP contribution in [0.2, 0.25) is 0 Å². The van der Waals surface area contributed by atoms with E-state index in [9.17, 15) is 0 Å². The summed E-state index contributed by atoms with van der Waals surface area (Å²) in [5.41, 5.74) is 4.68. The van der Waals surface area contributed by atoms with E-state index in [4.69, 9.17) is 0 Å². The van der Waals surface area contributed by atoms with E-state index in [0.717, 1.165) is 17.8 Å². The molecule has 0 aliphatic heterocycles. The lowest BCUT2D eigenvalue weighted by atomic mass is 9.43. The van der Waals surface area contributed by atoms with E-state index >= 15 is 0 Å². The minimum Gasteiger partial charge on any atom is -0.320 e. The van der Waals surface area contributed by atoms with Crippen LogP contribution >= 0.6 is 0 Å². The molecule has 1 nitrogen and oxygen atoms in total. The van der Waals surface area contributed by atoms with Crippen molar-refractivity contribution in [2.24, 2.45) is 23.2 Å². The molecule has 0 radical (unpaired) electrons. The molecule has 0 spiro atoms. The fourth-order valence-electron chi connectivity index (χ4n) is 6.90. The third kappa shape index (κ3) is 2.14. The van der Waals surface area contributed by atoms with Gasteiger partial charge in [0.15, 0.2) is 0 Å². The first-order valence-electron chi connectivity index (χ1n) is 9.74. The van der Waals surface area contributed by atoms with Gasteiger partial charge < -0.3 is 5.32 Å². The Bertz CT molecular complexity index is 424. The average molecular weight is 287 g/mol. The highest BCUT2D eigenvalue weighted by molar-refractivity contribution is 5.35. The van der Waals surface area contributed by atoms with Crippen LogP contribution in [0.25, 0.3) is 0 Å². The zero-order valence-corrected chi connectivity index (χ0v) is 13.9. The van der Waals surface area contributed by atoms with Gasteiger partial charge in [0.2, 0.25) is 0 Å². The van der Waals surface area contributed by atoms with E-state index in [1.54, 1.807) is 25.7 Å². The predicted molar refractivity (Wildman–Crippen MR) is 89.3 cm³/mol. The number of rotatable bonds is 4. The molecule has 5 aliphatic rings. The second-order valence-corrected chi connectivity index (χ2v) is 8.27. The van der Waals surface area contributed by atoms with Gasteiger partial charge in [0.1, 0.15) is 0 Å². The van der Waals surface area contributed by atoms with Crippen molar-refractivity contribution in [3.8, 4) is 0 Å². The molecule has 5 aliphatic carbocycles. The summed E-state index contributed by atoms with van der Waals surface area (Å²) in [6, 6.07) is 0. The molecule has 2 bridgehead atoms. The molecule has 0 amide bonds. The Labute approximate surface area is 131 Å². The molecule has 2 unspecified atom stereocenters. The van der Waals surface area contributed by atoms with Gasteiger partial charge in [-0.1, -0.05) is 24.0 Å². The van der Waals surface area contributed by atoms with Crippen LogP contribution in [0.15, 0.2) is 11.1 Å². The monoisotopic (exact) mass is 287 g/mol. The summed E-state index contributed by atoms with van der Waals surface area (Å²) >= 11 is 0. The van der Waals surface area contributed by atoms with Crippen LogP contribution in [0, 0.1) is 23.2 Å². The Morgan fingerprint density at radius 2 is 1.90 bits per heavy atom. The van der Waals surface area contributed by atoms with Gasteiger partial charge in [0, 0.05) is 0 Å². The Balaban J connectivity index is 1.71. The Kier molecular flexibility index (Phi) is 3.90. The molecule has 4 atom stereocenters. The van der Waals surface area contributed by atoms with Crippen molar-refractivity contribution in [2.75, 3.05) is 13.6 Å². The Hall–Kier alpha value is -0.300. The van der Waals surface area contributed by atoms with Gasteiger partial charge in [-0.2, -0.15) is 0 Å². The van der Waals surface area contributed by atoms with Crippen LogP contribution in [0.4, 0.5) is 0 Å². The minimum absolute atomic E-state index is 0.659. The average Bonchev–Trinajstić information content (AvgIpc) is 2.56. The lowest BCUT2D eigenvalue weighted by Crippen LogP contribution is -2.52. The molecule has 0 aromatic heterocycles. The summed E-state index contributed by atoms with van der Waals surface area (Å²) in [6.07, 6.45) is 18.0. The van der Waals surface area contributed by atoms with Gasteiger partial charge in [-0.05, 0) is 101 Å². The maximum atomic E-state index is 3.39. The van der Waals surface area contributed by atoms with E-state index in [2.05, 4.69) is 12.4 Å². The number of nitrogens with one attached hydrogen (secondary N) is 1. The highest BCUT2D eigenvalue weighted by Crippen LogP contribution is 2.66. The smallest absolute Gasteiger partial charge is 0.00516 e. The molecule has 0 aromatic rings. The van der Waals surface area contributed by atoms with Crippen molar-refractivity contribution >= 4 is 0 Å². The fourth-order valence-corrected chi connectivity index (χ4v) is 6.90. The molecule has 0 aromatic carbocycles. The maximum Gasteiger partial charge on any atom is -0.00516 e. The summed E-state index contributed by atoms with van der Waals surface area (Å²) < 4.78 is 0. The quantitative estimate of drug-likeness (QED) is 0.562. The fraction of sp³-hybridized carbons (Fsp3) is 0.900. The van der Waals surface area contributed by atoms with Crippen molar-refractivity contribution in [1.29, 1.82) is 0 Å². The third-order valence-corrected chi connectivity index (χ3v) is 7.56. The highest BCUT2D eigenvalue weighted by atomic mass is 14.8. The lowest BCUT2D eigenvalue weighted by molar-refractivity contribution is -0.0242. The van der Waals surface area contributed by atoms with Crippen molar-refractivity contribution < 1.29 is 0 Å². The molecule has 5 rings (SSSR count). The van der Waals surface area contributed by atoms with Crippen LogP contribution in [0.1, 0.15) is 77.0 Å². The Morgan fingerprint density at radius 1 is 1.05 bits per heavy atom. The Morgan fingerprint density at radius 3 is 2.81 bits per heavy atom. The van der Waals surface area contributed by atoms with E-state index in [1.165, 1.54) is 57.9 Å². The summed E-state index contributed by atoms with van der Waals surface area (Å²) in [5, 5.41) is 3.39. The van der Waals surface area contributed by atoms with Crippen molar-refractivity contribution in [3.05, 3.63) is 11.1 Å². The maximum absolute atomic E-state index is 3.39. The molecule has 118 valence electrons. The van der Waals surface area contributed by atoms with Gasteiger partial charge in [0.05, 0.1) is 0 Å². The van der Waals surface area contributed by atoms with Crippen molar-refractivity contribution in [1.82, 2.24) is 5.32 Å². The van der Waals surface area contributed by atoms with Crippen molar-refractivity contribution in [3.63, 3.8) is 0 Å². The molecule has 2 fully saturated rings. The van der Waals surface area contributed by atoms with E-state index in [-0.39, 0.29) is 0 Å². The summed E-state index contributed by atoms with van der Waals surface area (Å²) in [6.45, 7) is 1.21. The first-order valence-corrected chi connectivity index (χ1v) is 9.74. The SMILES string of the molecule is CNCCC[C@]12CC[C@H](C3=C1CCCC3)C1CCCCC12. The zero-order valence-electron chi connectivity index (χ0n) is 13.9. The normalized spacial score (nSPS) is 41.9. The van der Waals surface area contributed by atoms with Crippen LogP contribution in [-0.4, -0.2) is 13.6 Å². The molecule has 1 heteroatoms. The molecule has 21 heavy (non-hydrogen) atoms.